The average Bonchev–Trinajstić information content (AvgIpc) is 2.28. The monoisotopic (exact) mass is 316 g/mol. The molecule has 0 fully saturated rings. The molecule has 0 aliphatic carbocycles. The molecule has 1 unspecified atom stereocenters. The highest BCUT2D eigenvalue weighted by molar-refractivity contribution is 9.10. The van der Waals surface area contributed by atoms with Crippen molar-refractivity contribution in [2.45, 2.75) is 6.10 Å². The van der Waals surface area contributed by atoms with Gasteiger partial charge in [-0.3, -0.25) is 0 Å². The number of halogens is 4. The SMILES string of the molecule is OC(c1ccc(Br)cc1)c1c(F)cc(F)cc1F. The summed E-state index contributed by atoms with van der Waals surface area (Å²) in [7, 11) is 0. The molecule has 0 amide bonds. The summed E-state index contributed by atoms with van der Waals surface area (Å²) in [4.78, 5) is 0. The third-order valence-corrected chi connectivity index (χ3v) is 3.03. The predicted molar refractivity (Wildman–Crippen MR) is 64.5 cm³/mol. The van der Waals surface area contributed by atoms with Crippen LogP contribution < -0.4 is 0 Å². The zero-order valence-electron chi connectivity index (χ0n) is 9.00. The minimum Gasteiger partial charge on any atom is -0.383 e. The number of hydrogen-bond acceptors (Lipinski definition) is 1. The Morgan fingerprint density at radius 1 is 0.944 bits per heavy atom. The summed E-state index contributed by atoms with van der Waals surface area (Å²) in [6.45, 7) is 0. The number of aliphatic hydroxyl groups is 1. The van der Waals surface area contributed by atoms with Crippen molar-refractivity contribution in [1.29, 1.82) is 0 Å². The number of hydrogen-bond donors (Lipinski definition) is 1. The minimum absolute atomic E-state index is 0.322. The summed E-state index contributed by atoms with van der Waals surface area (Å²) in [5.41, 5.74) is -0.235. The Hall–Kier alpha value is -1.33. The lowest BCUT2D eigenvalue weighted by molar-refractivity contribution is 0.208. The molecule has 1 N–H and O–H groups in total. The van der Waals surface area contributed by atoms with Gasteiger partial charge in [0, 0.05) is 16.6 Å². The van der Waals surface area contributed by atoms with E-state index in [1.807, 2.05) is 0 Å². The van der Waals surface area contributed by atoms with E-state index in [1.54, 1.807) is 12.1 Å². The molecule has 2 aromatic rings. The largest absolute Gasteiger partial charge is 0.383 e. The Kier molecular flexibility index (Phi) is 3.73. The van der Waals surface area contributed by atoms with Crippen LogP contribution in [0.25, 0.3) is 0 Å². The summed E-state index contributed by atoms with van der Waals surface area (Å²) < 4.78 is 40.5. The summed E-state index contributed by atoms with van der Waals surface area (Å²) in [6.07, 6.45) is -1.47. The Labute approximate surface area is 110 Å². The Morgan fingerprint density at radius 3 is 1.94 bits per heavy atom. The van der Waals surface area contributed by atoms with Gasteiger partial charge in [0.05, 0.1) is 5.56 Å². The second-order valence-corrected chi connectivity index (χ2v) is 4.65. The zero-order chi connectivity index (χ0) is 13.3. The molecule has 0 aromatic heterocycles. The molecular weight excluding hydrogens is 309 g/mol. The first-order chi connectivity index (χ1) is 8.49. The van der Waals surface area contributed by atoms with Crippen LogP contribution in [0.15, 0.2) is 40.9 Å². The molecule has 0 saturated heterocycles. The smallest absolute Gasteiger partial charge is 0.135 e. The molecule has 0 spiro atoms. The molecule has 5 heteroatoms. The van der Waals surface area contributed by atoms with Crippen LogP contribution in [0.3, 0.4) is 0 Å². The van der Waals surface area contributed by atoms with Gasteiger partial charge in [0.1, 0.15) is 23.6 Å². The van der Waals surface area contributed by atoms with E-state index in [2.05, 4.69) is 15.9 Å². The molecule has 18 heavy (non-hydrogen) atoms. The van der Waals surface area contributed by atoms with Gasteiger partial charge >= 0.3 is 0 Å². The first kappa shape index (κ1) is 13.1. The van der Waals surface area contributed by atoms with Crippen LogP contribution in [0.4, 0.5) is 13.2 Å². The fraction of sp³-hybridized carbons (Fsp3) is 0.0769. The average molecular weight is 317 g/mol. The summed E-state index contributed by atoms with van der Waals surface area (Å²) in [5.74, 6) is -3.23. The van der Waals surface area contributed by atoms with Crippen molar-refractivity contribution in [3.8, 4) is 0 Å². The van der Waals surface area contributed by atoms with Crippen LogP contribution in [0.5, 0.6) is 0 Å². The second kappa shape index (κ2) is 5.12. The second-order valence-electron chi connectivity index (χ2n) is 3.74. The van der Waals surface area contributed by atoms with Crippen molar-refractivity contribution in [2.24, 2.45) is 0 Å². The molecule has 0 bridgehead atoms. The first-order valence-electron chi connectivity index (χ1n) is 5.07. The summed E-state index contributed by atoms with van der Waals surface area (Å²) in [5, 5.41) is 9.92. The van der Waals surface area contributed by atoms with E-state index in [4.69, 9.17) is 0 Å². The molecule has 1 atom stereocenters. The maximum atomic E-state index is 13.5. The summed E-state index contributed by atoms with van der Waals surface area (Å²) in [6, 6.07) is 7.41. The number of rotatable bonds is 2. The van der Waals surface area contributed by atoms with E-state index in [1.165, 1.54) is 12.1 Å². The molecule has 2 rings (SSSR count). The molecule has 0 aliphatic rings. The normalized spacial score (nSPS) is 12.5. The van der Waals surface area contributed by atoms with Crippen LogP contribution in [-0.2, 0) is 0 Å². The van der Waals surface area contributed by atoms with Gasteiger partial charge in [-0.1, -0.05) is 28.1 Å². The van der Waals surface area contributed by atoms with E-state index in [9.17, 15) is 18.3 Å². The lowest BCUT2D eigenvalue weighted by Gasteiger charge is -2.13. The Bertz CT molecular complexity index is 546. The molecule has 94 valence electrons. The van der Waals surface area contributed by atoms with E-state index >= 15 is 0 Å². The zero-order valence-corrected chi connectivity index (χ0v) is 10.6. The lowest BCUT2D eigenvalue weighted by Crippen LogP contribution is -2.06. The summed E-state index contributed by atoms with van der Waals surface area (Å²) >= 11 is 3.21. The highest BCUT2D eigenvalue weighted by Gasteiger charge is 2.20. The standard InChI is InChI=1S/C13H8BrF3O/c14-8-3-1-7(2-4-8)13(18)12-10(16)5-9(15)6-11(12)17/h1-6,13,18H. The van der Waals surface area contributed by atoms with Crippen molar-refractivity contribution < 1.29 is 18.3 Å². The predicted octanol–water partition coefficient (Wildman–Crippen LogP) is 3.95. The van der Waals surface area contributed by atoms with Gasteiger partial charge in [-0.15, -0.1) is 0 Å². The van der Waals surface area contributed by atoms with Crippen LogP contribution in [0, 0.1) is 17.5 Å². The quantitative estimate of drug-likeness (QED) is 0.889. The maximum absolute atomic E-state index is 13.5. The fourth-order valence-electron chi connectivity index (χ4n) is 1.63. The van der Waals surface area contributed by atoms with E-state index in [0.717, 1.165) is 4.47 Å². The molecule has 0 saturated carbocycles. The van der Waals surface area contributed by atoms with Crippen molar-refractivity contribution in [3.05, 3.63) is 69.4 Å². The lowest BCUT2D eigenvalue weighted by atomic mass is 10.0. The van der Waals surface area contributed by atoms with E-state index < -0.39 is 29.1 Å². The van der Waals surface area contributed by atoms with Crippen molar-refractivity contribution in [1.82, 2.24) is 0 Å². The van der Waals surface area contributed by atoms with Crippen LogP contribution >= 0.6 is 15.9 Å². The molecule has 0 heterocycles. The molecule has 2 aromatic carbocycles. The molecule has 1 nitrogen and oxygen atoms in total. The third-order valence-electron chi connectivity index (χ3n) is 2.50. The third kappa shape index (κ3) is 2.57. The minimum atomic E-state index is -1.47. The van der Waals surface area contributed by atoms with E-state index in [0.29, 0.717) is 17.7 Å². The molecule has 0 radical (unpaired) electrons. The van der Waals surface area contributed by atoms with Crippen molar-refractivity contribution in [3.63, 3.8) is 0 Å². The first-order valence-corrected chi connectivity index (χ1v) is 5.86. The highest BCUT2D eigenvalue weighted by Crippen LogP contribution is 2.28. The Balaban J connectivity index is 2.46. The van der Waals surface area contributed by atoms with E-state index in [-0.39, 0.29) is 0 Å². The topological polar surface area (TPSA) is 20.2 Å². The Morgan fingerprint density at radius 2 is 1.44 bits per heavy atom. The van der Waals surface area contributed by atoms with Crippen molar-refractivity contribution >= 4 is 15.9 Å². The van der Waals surface area contributed by atoms with Gasteiger partial charge in [-0.25, -0.2) is 13.2 Å². The van der Waals surface area contributed by atoms with Gasteiger partial charge < -0.3 is 5.11 Å². The van der Waals surface area contributed by atoms with Gasteiger partial charge in [0.25, 0.3) is 0 Å². The number of benzene rings is 2. The maximum Gasteiger partial charge on any atom is 0.135 e. The highest BCUT2D eigenvalue weighted by atomic mass is 79.9. The molecular formula is C13H8BrF3O. The van der Waals surface area contributed by atoms with Crippen LogP contribution in [0.1, 0.15) is 17.2 Å². The van der Waals surface area contributed by atoms with Gasteiger partial charge in [-0.05, 0) is 17.7 Å². The van der Waals surface area contributed by atoms with Crippen molar-refractivity contribution in [2.75, 3.05) is 0 Å². The van der Waals surface area contributed by atoms with Gasteiger partial charge in [-0.2, -0.15) is 0 Å². The van der Waals surface area contributed by atoms with Gasteiger partial charge in [0.15, 0.2) is 0 Å². The molecule has 0 aliphatic heterocycles. The van der Waals surface area contributed by atoms with Crippen LogP contribution in [-0.4, -0.2) is 5.11 Å². The van der Waals surface area contributed by atoms with Crippen LogP contribution in [0.2, 0.25) is 0 Å². The number of aliphatic hydroxyl groups excluding tert-OH is 1. The van der Waals surface area contributed by atoms with Gasteiger partial charge in [0.2, 0.25) is 0 Å². The fourth-order valence-corrected chi connectivity index (χ4v) is 1.89.